The Morgan fingerprint density at radius 1 is 1.58 bits per heavy atom. The number of hydrogen-bond donors (Lipinski definition) is 0. The van der Waals surface area contributed by atoms with Gasteiger partial charge >= 0.3 is 12.1 Å². The first-order chi connectivity index (χ1) is 5.31. The smallest absolute Gasteiger partial charge is 0.353 e. The third kappa shape index (κ3) is 7.40. The molecule has 0 aromatic carbocycles. The summed E-state index contributed by atoms with van der Waals surface area (Å²) < 4.78 is 32.7. The number of rotatable bonds is 4. The Labute approximate surface area is 69.6 Å². The summed E-state index contributed by atoms with van der Waals surface area (Å²) in [5, 5.41) is 0. The lowest BCUT2D eigenvalue weighted by Crippen LogP contribution is -2.25. The summed E-state index contributed by atoms with van der Waals surface area (Å²) in [7, 11) is 0. The van der Waals surface area contributed by atoms with E-state index >= 15 is 0 Å². The molecule has 0 N–H and O–H groups in total. The zero-order valence-corrected chi connectivity index (χ0v) is 7.27. The van der Waals surface area contributed by atoms with Crippen LogP contribution in [0.5, 0.6) is 0 Å². The standard InChI is InChI=1S/C7H12F2O3/c1-5(12-6(2)10)4-11-7(3,8)9/h5H,4H2,1-3H3. The van der Waals surface area contributed by atoms with Gasteiger partial charge in [-0.25, -0.2) is 0 Å². The summed E-state index contributed by atoms with van der Waals surface area (Å²) in [5.41, 5.74) is 0. The Hall–Kier alpha value is -0.710. The highest BCUT2D eigenvalue weighted by Crippen LogP contribution is 2.13. The Balaban J connectivity index is 3.57. The van der Waals surface area contributed by atoms with Crippen molar-refractivity contribution in [3.05, 3.63) is 0 Å². The van der Waals surface area contributed by atoms with E-state index in [4.69, 9.17) is 0 Å². The third-order valence-corrected chi connectivity index (χ3v) is 0.939. The van der Waals surface area contributed by atoms with Crippen LogP contribution in [0.15, 0.2) is 0 Å². The number of hydrogen-bond acceptors (Lipinski definition) is 3. The van der Waals surface area contributed by atoms with E-state index in [1.54, 1.807) is 0 Å². The van der Waals surface area contributed by atoms with E-state index in [9.17, 15) is 13.6 Å². The lowest BCUT2D eigenvalue weighted by atomic mass is 10.4. The van der Waals surface area contributed by atoms with Crippen LogP contribution < -0.4 is 0 Å². The molecule has 0 bridgehead atoms. The van der Waals surface area contributed by atoms with E-state index in [1.807, 2.05) is 0 Å². The number of carbonyl (C=O) groups excluding carboxylic acids is 1. The molecule has 0 aliphatic heterocycles. The minimum absolute atomic E-state index is 0.302. The SMILES string of the molecule is CC(=O)OC(C)COC(C)(F)F. The van der Waals surface area contributed by atoms with Crippen molar-refractivity contribution in [1.82, 2.24) is 0 Å². The predicted octanol–water partition coefficient (Wildman–Crippen LogP) is 1.57. The molecule has 1 atom stereocenters. The molecule has 1 unspecified atom stereocenters. The van der Waals surface area contributed by atoms with Gasteiger partial charge in [-0.3, -0.25) is 4.79 Å². The summed E-state index contributed by atoms with van der Waals surface area (Å²) in [6.07, 6.45) is -3.82. The van der Waals surface area contributed by atoms with Crippen molar-refractivity contribution < 1.29 is 23.0 Å². The topological polar surface area (TPSA) is 35.5 Å². The fourth-order valence-electron chi connectivity index (χ4n) is 0.581. The van der Waals surface area contributed by atoms with Crippen molar-refractivity contribution in [2.45, 2.75) is 33.0 Å². The Bertz CT molecular complexity index is 153. The first-order valence-electron chi connectivity index (χ1n) is 3.50. The van der Waals surface area contributed by atoms with Crippen LogP contribution in [0.25, 0.3) is 0 Å². The van der Waals surface area contributed by atoms with Crippen molar-refractivity contribution >= 4 is 5.97 Å². The molecule has 0 spiro atoms. The Morgan fingerprint density at radius 2 is 2.08 bits per heavy atom. The molecule has 12 heavy (non-hydrogen) atoms. The molecule has 72 valence electrons. The molecule has 0 radical (unpaired) electrons. The average Bonchev–Trinajstić information content (AvgIpc) is 1.80. The molecular weight excluding hydrogens is 170 g/mol. The van der Waals surface area contributed by atoms with E-state index in [1.165, 1.54) is 13.8 Å². The molecule has 0 rings (SSSR count). The number of halogens is 2. The van der Waals surface area contributed by atoms with Crippen LogP contribution in [0.1, 0.15) is 20.8 Å². The fourth-order valence-corrected chi connectivity index (χ4v) is 0.581. The van der Waals surface area contributed by atoms with Crippen molar-refractivity contribution in [1.29, 1.82) is 0 Å². The maximum absolute atomic E-state index is 12.1. The van der Waals surface area contributed by atoms with E-state index in [-0.39, 0.29) is 6.61 Å². The number of esters is 1. The highest BCUT2D eigenvalue weighted by molar-refractivity contribution is 5.66. The van der Waals surface area contributed by atoms with Gasteiger partial charge in [-0.05, 0) is 6.92 Å². The lowest BCUT2D eigenvalue weighted by molar-refractivity contribution is -0.236. The van der Waals surface area contributed by atoms with Crippen LogP contribution in [0.3, 0.4) is 0 Å². The van der Waals surface area contributed by atoms with Crippen LogP contribution in [0.4, 0.5) is 8.78 Å². The van der Waals surface area contributed by atoms with Crippen molar-refractivity contribution in [3.8, 4) is 0 Å². The van der Waals surface area contributed by atoms with Crippen LogP contribution in [-0.2, 0) is 14.3 Å². The number of carbonyl (C=O) groups is 1. The average molecular weight is 182 g/mol. The Morgan fingerprint density at radius 3 is 2.42 bits per heavy atom. The molecule has 0 aromatic rings. The number of alkyl halides is 2. The molecule has 0 aromatic heterocycles. The van der Waals surface area contributed by atoms with Gasteiger partial charge in [0.1, 0.15) is 6.10 Å². The van der Waals surface area contributed by atoms with Gasteiger partial charge in [0.2, 0.25) is 0 Å². The molecule has 0 saturated carbocycles. The minimum Gasteiger partial charge on any atom is -0.460 e. The van der Waals surface area contributed by atoms with E-state index < -0.39 is 18.2 Å². The highest BCUT2D eigenvalue weighted by Gasteiger charge is 2.23. The molecule has 0 heterocycles. The highest BCUT2D eigenvalue weighted by atomic mass is 19.3. The van der Waals surface area contributed by atoms with Crippen molar-refractivity contribution in [3.63, 3.8) is 0 Å². The van der Waals surface area contributed by atoms with Crippen LogP contribution in [0, 0.1) is 0 Å². The zero-order chi connectivity index (χ0) is 9.78. The largest absolute Gasteiger partial charge is 0.460 e. The molecule has 3 nitrogen and oxygen atoms in total. The molecular formula is C7H12F2O3. The summed E-state index contributed by atoms with van der Waals surface area (Å²) in [6.45, 7) is 3.02. The molecule has 0 saturated heterocycles. The summed E-state index contributed by atoms with van der Waals surface area (Å²) in [6, 6.07) is 0. The summed E-state index contributed by atoms with van der Waals surface area (Å²) >= 11 is 0. The lowest BCUT2D eigenvalue weighted by Gasteiger charge is -2.15. The second-order valence-corrected chi connectivity index (χ2v) is 2.54. The van der Waals surface area contributed by atoms with Crippen LogP contribution in [0.2, 0.25) is 0 Å². The van der Waals surface area contributed by atoms with Crippen LogP contribution >= 0.6 is 0 Å². The zero-order valence-electron chi connectivity index (χ0n) is 7.27. The van der Waals surface area contributed by atoms with Gasteiger partial charge in [-0.1, -0.05) is 0 Å². The molecule has 0 amide bonds. The van der Waals surface area contributed by atoms with Crippen LogP contribution in [-0.4, -0.2) is 24.8 Å². The second-order valence-electron chi connectivity index (χ2n) is 2.54. The molecule has 0 fully saturated rings. The van der Waals surface area contributed by atoms with E-state index in [0.717, 1.165) is 0 Å². The summed E-state index contributed by atoms with van der Waals surface area (Å²) in [4.78, 5) is 10.3. The normalized spacial score (nSPS) is 14.1. The van der Waals surface area contributed by atoms with Gasteiger partial charge in [0.15, 0.2) is 0 Å². The van der Waals surface area contributed by atoms with Gasteiger partial charge in [0, 0.05) is 13.8 Å². The van der Waals surface area contributed by atoms with Gasteiger partial charge in [0.25, 0.3) is 0 Å². The molecule has 0 aliphatic carbocycles. The van der Waals surface area contributed by atoms with Gasteiger partial charge in [-0.15, -0.1) is 0 Å². The summed E-state index contributed by atoms with van der Waals surface area (Å²) in [5.74, 6) is -0.509. The second kappa shape index (κ2) is 4.35. The minimum atomic E-state index is -3.17. The van der Waals surface area contributed by atoms with Gasteiger partial charge < -0.3 is 9.47 Å². The molecule has 5 heteroatoms. The van der Waals surface area contributed by atoms with E-state index in [0.29, 0.717) is 6.92 Å². The maximum atomic E-state index is 12.1. The maximum Gasteiger partial charge on any atom is 0.353 e. The monoisotopic (exact) mass is 182 g/mol. The Kier molecular flexibility index (Phi) is 4.09. The molecule has 0 aliphatic rings. The van der Waals surface area contributed by atoms with Gasteiger partial charge in [0.05, 0.1) is 6.61 Å². The van der Waals surface area contributed by atoms with Crippen molar-refractivity contribution in [2.24, 2.45) is 0 Å². The first-order valence-corrected chi connectivity index (χ1v) is 3.50. The quantitative estimate of drug-likeness (QED) is 0.619. The third-order valence-electron chi connectivity index (χ3n) is 0.939. The van der Waals surface area contributed by atoms with Crippen molar-refractivity contribution in [2.75, 3.05) is 6.61 Å². The fraction of sp³-hybridized carbons (Fsp3) is 0.857. The first kappa shape index (κ1) is 11.3. The van der Waals surface area contributed by atoms with Gasteiger partial charge in [-0.2, -0.15) is 8.78 Å². The predicted molar refractivity (Wildman–Crippen MR) is 37.8 cm³/mol. The number of ether oxygens (including phenoxy) is 2. The van der Waals surface area contributed by atoms with E-state index in [2.05, 4.69) is 9.47 Å².